The van der Waals surface area contributed by atoms with Crippen molar-refractivity contribution in [2.75, 3.05) is 5.32 Å². The zero-order chi connectivity index (χ0) is 14.2. The molecule has 19 heavy (non-hydrogen) atoms. The van der Waals surface area contributed by atoms with Gasteiger partial charge in [-0.2, -0.15) is 0 Å². The van der Waals surface area contributed by atoms with Crippen LogP contribution >= 0.6 is 11.6 Å². The van der Waals surface area contributed by atoms with Crippen LogP contribution in [-0.4, -0.2) is 28.1 Å². The van der Waals surface area contributed by atoms with E-state index in [4.69, 9.17) is 21.8 Å². The number of rotatable bonds is 4. The number of halogens is 1. The van der Waals surface area contributed by atoms with E-state index in [-0.39, 0.29) is 22.7 Å². The first-order chi connectivity index (χ1) is 8.90. The van der Waals surface area contributed by atoms with Crippen LogP contribution in [0.1, 0.15) is 16.8 Å². The SMILES string of the molecule is O=C(O)c1ccc(Cl)c(NC(=O)C2CC2C(=O)O)c1. The van der Waals surface area contributed by atoms with Gasteiger partial charge in [-0.3, -0.25) is 9.59 Å². The molecule has 0 radical (unpaired) electrons. The van der Waals surface area contributed by atoms with Crippen LogP contribution in [-0.2, 0) is 9.59 Å². The lowest BCUT2D eigenvalue weighted by Crippen LogP contribution is -2.17. The van der Waals surface area contributed by atoms with E-state index in [1.54, 1.807) is 0 Å². The third-order valence-electron chi connectivity index (χ3n) is 2.92. The molecular formula is C12H10ClNO5. The second-order valence-electron chi connectivity index (χ2n) is 4.28. The smallest absolute Gasteiger partial charge is 0.335 e. The number of carbonyl (C=O) groups excluding carboxylic acids is 1. The second-order valence-corrected chi connectivity index (χ2v) is 4.68. The summed E-state index contributed by atoms with van der Waals surface area (Å²) < 4.78 is 0. The van der Waals surface area contributed by atoms with Crippen LogP contribution in [0.15, 0.2) is 18.2 Å². The lowest BCUT2D eigenvalue weighted by Gasteiger charge is -2.07. The Hall–Kier alpha value is -2.08. The molecule has 7 heteroatoms. The number of carboxylic acids is 2. The van der Waals surface area contributed by atoms with E-state index >= 15 is 0 Å². The standard InChI is InChI=1S/C12H10ClNO5/c13-8-2-1-5(11(16)17)3-9(8)14-10(15)6-4-7(6)12(18)19/h1-3,6-7H,4H2,(H,14,15)(H,16,17)(H,18,19). The highest BCUT2D eigenvalue weighted by molar-refractivity contribution is 6.34. The zero-order valence-corrected chi connectivity index (χ0v) is 10.3. The number of hydrogen-bond donors (Lipinski definition) is 3. The molecular weight excluding hydrogens is 274 g/mol. The largest absolute Gasteiger partial charge is 0.481 e. The van der Waals surface area contributed by atoms with E-state index in [0.29, 0.717) is 0 Å². The molecule has 1 aromatic rings. The number of benzene rings is 1. The van der Waals surface area contributed by atoms with Crippen LogP contribution in [0.5, 0.6) is 0 Å². The minimum absolute atomic E-state index is 0.00900. The monoisotopic (exact) mass is 283 g/mol. The van der Waals surface area contributed by atoms with Crippen molar-refractivity contribution >= 4 is 35.1 Å². The fourth-order valence-electron chi connectivity index (χ4n) is 1.74. The Morgan fingerprint density at radius 1 is 1.21 bits per heavy atom. The predicted molar refractivity (Wildman–Crippen MR) is 66.3 cm³/mol. The molecule has 1 aromatic carbocycles. The molecule has 0 spiro atoms. The summed E-state index contributed by atoms with van der Waals surface area (Å²) in [5.41, 5.74) is 0.160. The van der Waals surface area contributed by atoms with E-state index in [1.165, 1.54) is 18.2 Å². The first-order valence-electron chi connectivity index (χ1n) is 5.46. The van der Waals surface area contributed by atoms with Gasteiger partial charge in [-0.05, 0) is 24.6 Å². The molecule has 1 aliphatic rings. The van der Waals surface area contributed by atoms with Gasteiger partial charge in [0.2, 0.25) is 5.91 Å². The van der Waals surface area contributed by atoms with Crippen LogP contribution in [0.4, 0.5) is 5.69 Å². The number of carboxylic acid groups (broad SMARTS) is 2. The van der Waals surface area contributed by atoms with Gasteiger partial charge in [-0.25, -0.2) is 4.79 Å². The van der Waals surface area contributed by atoms with Crippen molar-refractivity contribution in [1.82, 2.24) is 0 Å². The molecule has 100 valence electrons. The van der Waals surface area contributed by atoms with Crippen LogP contribution < -0.4 is 5.32 Å². The van der Waals surface area contributed by atoms with Crippen LogP contribution in [0.3, 0.4) is 0 Å². The number of carbonyl (C=O) groups is 3. The maximum absolute atomic E-state index is 11.7. The summed E-state index contributed by atoms with van der Waals surface area (Å²) in [5.74, 6) is -3.85. The summed E-state index contributed by atoms with van der Waals surface area (Å²) in [4.78, 5) is 33.2. The Bertz CT molecular complexity index is 571. The second kappa shape index (κ2) is 4.89. The van der Waals surface area contributed by atoms with Crippen molar-refractivity contribution in [1.29, 1.82) is 0 Å². The van der Waals surface area contributed by atoms with Crippen LogP contribution in [0.2, 0.25) is 5.02 Å². The third-order valence-corrected chi connectivity index (χ3v) is 3.25. The predicted octanol–water partition coefficient (Wildman–Crippen LogP) is 1.70. The van der Waals surface area contributed by atoms with Crippen molar-refractivity contribution in [3.8, 4) is 0 Å². The molecule has 0 bridgehead atoms. The van der Waals surface area contributed by atoms with E-state index in [9.17, 15) is 14.4 Å². The topological polar surface area (TPSA) is 104 Å². The van der Waals surface area contributed by atoms with Gasteiger partial charge in [0.05, 0.1) is 28.1 Å². The molecule has 6 nitrogen and oxygen atoms in total. The minimum Gasteiger partial charge on any atom is -0.481 e. The van der Waals surface area contributed by atoms with Crippen LogP contribution in [0, 0.1) is 11.8 Å². The lowest BCUT2D eigenvalue weighted by molar-refractivity contribution is -0.139. The molecule has 0 saturated heterocycles. The molecule has 1 fully saturated rings. The molecule has 1 amide bonds. The number of hydrogen-bond acceptors (Lipinski definition) is 3. The molecule has 0 aliphatic heterocycles. The summed E-state index contributed by atoms with van der Waals surface area (Å²) >= 11 is 5.85. The van der Waals surface area contributed by atoms with E-state index in [0.717, 1.165) is 0 Å². The Kier molecular flexibility index (Phi) is 3.44. The highest BCUT2D eigenvalue weighted by Crippen LogP contribution is 2.39. The van der Waals surface area contributed by atoms with Gasteiger partial charge in [-0.15, -0.1) is 0 Å². The number of aliphatic carboxylic acids is 1. The van der Waals surface area contributed by atoms with Gasteiger partial charge in [-0.1, -0.05) is 11.6 Å². The summed E-state index contributed by atoms with van der Waals surface area (Å²) in [6.07, 6.45) is 0.289. The maximum atomic E-state index is 11.7. The first kappa shape index (κ1) is 13.4. The summed E-state index contributed by atoms with van der Waals surface area (Å²) in [6, 6.07) is 3.92. The van der Waals surface area contributed by atoms with Crippen molar-refractivity contribution in [3.63, 3.8) is 0 Å². The third kappa shape index (κ3) is 2.85. The van der Waals surface area contributed by atoms with Crippen molar-refractivity contribution < 1.29 is 24.6 Å². The van der Waals surface area contributed by atoms with E-state index in [2.05, 4.69) is 5.32 Å². The maximum Gasteiger partial charge on any atom is 0.335 e. The Labute approximate surface area is 113 Å². The van der Waals surface area contributed by atoms with Crippen molar-refractivity contribution in [2.24, 2.45) is 11.8 Å². The molecule has 3 N–H and O–H groups in total. The fraction of sp³-hybridized carbons (Fsp3) is 0.250. The highest BCUT2D eigenvalue weighted by atomic mass is 35.5. The molecule has 2 atom stereocenters. The fourth-order valence-corrected chi connectivity index (χ4v) is 1.90. The molecule has 2 unspecified atom stereocenters. The lowest BCUT2D eigenvalue weighted by atomic mass is 10.2. The van der Waals surface area contributed by atoms with Crippen molar-refractivity contribution in [3.05, 3.63) is 28.8 Å². The van der Waals surface area contributed by atoms with Gasteiger partial charge >= 0.3 is 11.9 Å². The number of aromatic carboxylic acids is 1. The van der Waals surface area contributed by atoms with Crippen LogP contribution in [0.25, 0.3) is 0 Å². The van der Waals surface area contributed by atoms with Gasteiger partial charge in [0.15, 0.2) is 0 Å². The Morgan fingerprint density at radius 3 is 2.42 bits per heavy atom. The normalized spacial score (nSPS) is 20.7. The quantitative estimate of drug-likeness (QED) is 0.780. The average molecular weight is 284 g/mol. The zero-order valence-electron chi connectivity index (χ0n) is 9.59. The van der Waals surface area contributed by atoms with E-state index < -0.39 is 29.7 Å². The minimum atomic E-state index is -1.14. The first-order valence-corrected chi connectivity index (χ1v) is 5.84. The Balaban J connectivity index is 2.11. The average Bonchev–Trinajstić information content (AvgIpc) is 3.11. The Morgan fingerprint density at radius 2 is 1.89 bits per heavy atom. The molecule has 0 heterocycles. The van der Waals surface area contributed by atoms with Gasteiger partial charge in [0.1, 0.15) is 0 Å². The number of anilines is 1. The van der Waals surface area contributed by atoms with Crippen molar-refractivity contribution in [2.45, 2.75) is 6.42 Å². The summed E-state index contributed by atoms with van der Waals surface area (Å²) in [7, 11) is 0. The van der Waals surface area contributed by atoms with E-state index in [1.807, 2.05) is 0 Å². The summed E-state index contributed by atoms with van der Waals surface area (Å²) in [6.45, 7) is 0. The molecule has 0 aromatic heterocycles. The van der Waals surface area contributed by atoms with Gasteiger partial charge in [0, 0.05) is 0 Å². The van der Waals surface area contributed by atoms with Gasteiger partial charge in [0.25, 0.3) is 0 Å². The molecule has 1 saturated carbocycles. The number of amides is 1. The summed E-state index contributed by atoms with van der Waals surface area (Å²) in [5, 5.41) is 20.2. The molecule has 2 rings (SSSR count). The number of nitrogens with one attached hydrogen (secondary N) is 1. The highest BCUT2D eigenvalue weighted by Gasteiger charge is 2.48. The van der Waals surface area contributed by atoms with Gasteiger partial charge < -0.3 is 15.5 Å². The molecule has 1 aliphatic carbocycles.